The minimum absolute atomic E-state index is 0.249. The van der Waals surface area contributed by atoms with E-state index in [1.807, 2.05) is 28.9 Å². The third-order valence-corrected chi connectivity index (χ3v) is 4.28. The minimum atomic E-state index is -0.336. The van der Waals surface area contributed by atoms with E-state index in [1.54, 1.807) is 12.7 Å². The second-order valence-electron chi connectivity index (χ2n) is 5.10. The summed E-state index contributed by atoms with van der Waals surface area (Å²) in [5.41, 5.74) is 0.801. The summed E-state index contributed by atoms with van der Waals surface area (Å²) < 4.78 is 7.92. The topological polar surface area (TPSA) is 39.9 Å². The fraction of sp³-hybridized carbons (Fsp3) is 0.429. The van der Waals surface area contributed by atoms with E-state index in [2.05, 4.69) is 23.9 Å². The Bertz CT molecular complexity index is 555. The van der Waals surface area contributed by atoms with Crippen LogP contribution in [0.2, 0.25) is 5.02 Å². The highest BCUT2D eigenvalue weighted by atomic mass is 35.5. The van der Waals surface area contributed by atoms with Crippen LogP contribution in [0.5, 0.6) is 0 Å². The van der Waals surface area contributed by atoms with Crippen LogP contribution in [-0.2, 0) is 16.9 Å². The second kappa shape index (κ2) is 4.62. The van der Waals surface area contributed by atoms with Crippen molar-refractivity contribution in [2.45, 2.75) is 32.1 Å². The Labute approximate surface area is 117 Å². The van der Waals surface area contributed by atoms with E-state index in [1.165, 1.54) is 0 Å². The number of hydrogen-bond donors (Lipinski definition) is 0. The number of benzene rings is 1. The van der Waals surface area contributed by atoms with Crippen LogP contribution >= 0.6 is 11.6 Å². The SMILES string of the molecule is C[C@@H]1[C@@H](C)O[C@@]1(Cn1cncn1)c1ccc(Cl)cc1. The molecule has 2 heterocycles. The van der Waals surface area contributed by atoms with Gasteiger partial charge in [0.15, 0.2) is 0 Å². The summed E-state index contributed by atoms with van der Waals surface area (Å²) in [6, 6.07) is 7.86. The van der Waals surface area contributed by atoms with Crippen molar-refractivity contribution in [1.82, 2.24) is 14.8 Å². The third-order valence-electron chi connectivity index (χ3n) is 4.03. The molecule has 0 amide bonds. The summed E-state index contributed by atoms with van der Waals surface area (Å²) in [7, 11) is 0. The molecule has 0 spiro atoms. The lowest BCUT2D eigenvalue weighted by Crippen LogP contribution is -2.57. The van der Waals surface area contributed by atoms with Gasteiger partial charge in [-0.3, -0.25) is 0 Å². The standard InChI is InChI=1S/C14H16ClN3O/c1-10-11(2)19-14(10,7-18-9-16-8-17-18)12-3-5-13(15)6-4-12/h3-6,8-11H,7H2,1-2H3/t10-,11-,14-/m1/s1. The number of hydrogen-bond acceptors (Lipinski definition) is 3. The predicted octanol–water partition coefficient (Wildman–Crippen LogP) is 2.88. The monoisotopic (exact) mass is 277 g/mol. The van der Waals surface area contributed by atoms with Crippen LogP contribution in [0.1, 0.15) is 19.4 Å². The van der Waals surface area contributed by atoms with Gasteiger partial charge in [-0.25, -0.2) is 9.67 Å². The first-order valence-corrected chi connectivity index (χ1v) is 6.76. The Kier molecular flexibility index (Phi) is 3.07. The zero-order valence-electron chi connectivity index (χ0n) is 11.0. The molecule has 1 fully saturated rings. The highest BCUT2D eigenvalue weighted by molar-refractivity contribution is 6.30. The molecule has 100 valence electrons. The molecular weight excluding hydrogens is 262 g/mol. The molecule has 1 saturated heterocycles. The number of ether oxygens (including phenoxy) is 1. The normalized spacial score (nSPS) is 30.1. The number of nitrogens with zero attached hydrogens (tertiary/aromatic N) is 3. The first kappa shape index (κ1) is 12.6. The van der Waals surface area contributed by atoms with E-state index < -0.39 is 0 Å². The average molecular weight is 278 g/mol. The van der Waals surface area contributed by atoms with Crippen molar-refractivity contribution in [2.75, 3.05) is 0 Å². The zero-order chi connectivity index (χ0) is 13.5. The van der Waals surface area contributed by atoms with E-state index in [0.717, 1.165) is 10.6 Å². The van der Waals surface area contributed by atoms with Crippen LogP contribution < -0.4 is 0 Å². The van der Waals surface area contributed by atoms with Crippen molar-refractivity contribution in [1.29, 1.82) is 0 Å². The molecule has 3 rings (SSSR count). The van der Waals surface area contributed by atoms with Crippen molar-refractivity contribution in [3.63, 3.8) is 0 Å². The van der Waals surface area contributed by atoms with Gasteiger partial charge in [-0.15, -0.1) is 0 Å². The molecule has 1 aliphatic heterocycles. The van der Waals surface area contributed by atoms with E-state index in [-0.39, 0.29) is 11.7 Å². The van der Waals surface area contributed by atoms with Crippen LogP contribution in [0.25, 0.3) is 0 Å². The lowest BCUT2D eigenvalue weighted by molar-refractivity contribution is -0.263. The van der Waals surface area contributed by atoms with Crippen LogP contribution in [0.4, 0.5) is 0 Å². The summed E-state index contributed by atoms with van der Waals surface area (Å²) in [5.74, 6) is 0.415. The summed E-state index contributed by atoms with van der Waals surface area (Å²) >= 11 is 5.96. The maximum absolute atomic E-state index is 6.11. The van der Waals surface area contributed by atoms with Gasteiger partial charge in [0.1, 0.15) is 18.3 Å². The Balaban J connectivity index is 1.96. The van der Waals surface area contributed by atoms with E-state index in [0.29, 0.717) is 12.5 Å². The van der Waals surface area contributed by atoms with E-state index in [4.69, 9.17) is 16.3 Å². The first-order valence-electron chi connectivity index (χ1n) is 6.38. The van der Waals surface area contributed by atoms with Crippen molar-refractivity contribution in [2.24, 2.45) is 5.92 Å². The fourth-order valence-electron chi connectivity index (χ4n) is 2.74. The number of halogens is 1. The van der Waals surface area contributed by atoms with Crippen LogP contribution in [0.15, 0.2) is 36.9 Å². The summed E-state index contributed by atoms with van der Waals surface area (Å²) in [4.78, 5) is 3.99. The molecule has 5 heteroatoms. The highest BCUT2D eigenvalue weighted by Gasteiger charge is 2.52. The lowest BCUT2D eigenvalue weighted by Gasteiger charge is -2.53. The van der Waals surface area contributed by atoms with Crippen molar-refractivity contribution < 1.29 is 4.74 Å². The molecule has 1 aromatic heterocycles. The molecule has 0 saturated carbocycles. The molecule has 1 aromatic carbocycles. The minimum Gasteiger partial charge on any atom is -0.365 e. The summed E-state index contributed by atoms with van der Waals surface area (Å²) in [5, 5.41) is 4.92. The van der Waals surface area contributed by atoms with Crippen LogP contribution in [-0.4, -0.2) is 20.9 Å². The smallest absolute Gasteiger partial charge is 0.137 e. The molecule has 19 heavy (non-hydrogen) atoms. The van der Waals surface area contributed by atoms with Gasteiger partial charge in [-0.1, -0.05) is 30.7 Å². The largest absolute Gasteiger partial charge is 0.365 e. The molecule has 0 N–H and O–H groups in total. The van der Waals surface area contributed by atoms with Crippen LogP contribution in [0, 0.1) is 5.92 Å². The van der Waals surface area contributed by atoms with Gasteiger partial charge in [-0.2, -0.15) is 5.10 Å². The molecule has 3 atom stereocenters. The molecule has 0 radical (unpaired) electrons. The summed E-state index contributed by atoms with van der Waals surface area (Å²) in [6.07, 6.45) is 3.51. The lowest BCUT2D eigenvalue weighted by atomic mass is 9.74. The van der Waals surface area contributed by atoms with E-state index in [9.17, 15) is 0 Å². The highest BCUT2D eigenvalue weighted by Crippen LogP contribution is 2.48. The van der Waals surface area contributed by atoms with Gasteiger partial charge in [0.05, 0.1) is 12.6 Å². The predicted molar refractivity (Wildman–Crippen MR) is 72.9 cm³/mol. The third kappa shape index (κ3) is 2.05. The first-order chi connectivity index (χ1) is 9.12. The maximum atomic E-state index is 6.11. The van der Waals surface area contributed by atoms with Gasteiger partial charge < -0.3 is 4.74 Å². The molecule has 0 aliphatic carbocycles. The Morgan fingerprint density at radius 3 is 2.58 bits per heavy atom. The Hall–Kier alpha value is -1.39. The van der Waals surface area contributed by atoms with E-state index >= 15 is 0 Å². The summed E-state index contributed by atoms with van der Waals surface area (Å²) in [6.45, 7) is 4.97. The molecule has 2 aromatic rings. The molecular formula is C14H16ClN3O. The Morgan fingerprint density at radius 2 is 2.05 bits per heavy atom. The van der Waals surface area contributed by atoms with Gasteiger partial charge in [0.2, 0.25) is 0 Å². The fourth-order valence-corrected chi connectivity index (χ4v) is 2.86. The van der Waals surface area contributed by atoms with Gasteiger partial charge >= 0.3 is 0 Å². The molecule has 1 aliphatic rings. The van der Waals surface area contributed by atoms with Crippen molar-refractivity contribution >= 4 is 11.6 Å². The Morgan fingerprint density at radius 1 is 1.32 bits per heavy atom. The zero-order valence-corrected chi connectivity index (χ0v) is 11.7. The quantitative estimate of drug-likeness (QED) is 0.866. The number of aromatic nitrogens is 3. The van der Waals surface area contributed by atoms with Gasteiger partial charge in [0.25, 0.3) is 0 Å². The van der Waals surface area contributed by atoms with Gasteiger partial charge in [-0.05, 0) is 24.6 Å². The van der Waals surface area contributed by atoms with Crippen molar-refractivity contribution in [3.05, 3.63) is 47.5 Å². The van der Waals surface area contributed by atoms with Crippen LogP contribution in [0.3, 0.4) is 0 Å². The molecule has 0 bridgehead atoms. The maximum Gasteiger partial charge on any atom is 0.137 e. The average Bonchev–Trinajstić information content (AvgIpc) is 2.91. The molecule has 4 nitrogen and oxygen atoms in total. The molecule has 0 unspecified atom stereocenters. The van der Waals surface area contributed by atoms with Crippen molar-refractivity contribution in [3.8, 4) is 0 Å². The second-order valence-corrected chi connectivity index (χ2v) is 5.54. The number of rotatable bonds is 3. The van der Waals surface area contributed by atoms with Gasteiger partial charge in [0, 0.05) is 10.9 Å².